The SMILES string of the molecule is Cc1ccc(N)c(CN(C)C(C)Cc2cccs2)c1. The Morgan fingerprint density at radius 2 is 2.11 bits per heavy atom. The first-order chi connectivity index (χ1) is 9.06. The lowest BCUT2D eigenvalue weighted by Gasteiger charge is -2.25. The summed E-state index contributed by atoms with van der Waals surface area (Å²) in [5.41, 5.74) is 9.43. The lowest BCUT2D eigenvalue weighted by Crippen LogP contribution is -2.30. The van der Waals surface area contributed by atoms with E-state index in [1.807, 2.05) is 17.4 Å². The Hall–Kier alpha value is -1.32. The number of hydrogen-bond acceptors (Lipinski definition) is 3. The highest BCUT2D eigenvalue weighted by Gasteiger charge is 2.12. The molecule has 1 atom stereocenters. The molecule has 102 valence electrons. The first-order valence-corrected chi connectivity index (χ1v) is 7.52. The molecule has 0 saturated carbocycles. The molecule has 0 aliphatic rings. The molecule has 3 heteroatoms. The molecule has 0 amide bonds. The molecule has 2 nitrogen and oxygen atoms in total. The Labute approximate surface area is 119 Å². The van der Waals surface area contributed by atoms with Crippen LogP contribution >= 0.6 is 11.3 Å². The van der Waals surface area contributed by atoms with Gasteiger partial charge in [0.1, 0.15) is 0 Å². The summed E-state index contributed by atoms with van der Waals surface area (Å²) >= 11 is 1.83. The summed E-state index contributed by atoms with van der Waals surface area (Å²) in [5, 5.41) is 2.14. The van der Waals surface area contributed by atoms with Gasteiger partial charge in [-0.2, -0.15) is 0 Å². The van der Waals surface area contributed by atoms with E-state index in [2.05, 4.69) is 55.4 Å². The second kappa shape index (κ2) is 6.22. The van der Waals surface area contributed by atoms with Gasteiger partial charge in [0.05, 0.1) is 0 Å². The summed E-state index contributed by atoms with van der Waals surface area (Å²) in [6.07, 6.45) is 1.10. The summed E-state index contributed by atoms with van der Waals surface area (Å²) in [7, 11) is 2.17. The predicted molar refractivity (Wildman–Crippen MR) is 84.5 cm³/mol. The molecule has 0 bridgehead atoms. The highest BCUT2D eigenvalue weighted by molar-refractivity contribution is 7.09. The van der Waals surface area contributed by atoms with Crippen LogP contribution in [0, 0.1) is 6.92 Å². The van der Waals surface area contributed by atoms with Crippen LogP contribution in [-0.4, -0.2) is 18.0 Å². The van der Waals surface area contributed by atoms with Gasteiger partial charge in [0.15, 0.2) is 0 Å². The molecule has 2 N–H and O–H groups in total. The second-order valence-corrected chi connectivity index (χ2v) is 6.28. The van der Waals surface area contributed by atoms with Crippen molar-refractivity contribution in [2.45, 2.75) is 32.9 Å². The van der Waals surface area contributed by atoms with Gasteiger partial charge in [-0.1, -0.05) is 23.8 Å². The standard InChI is InChI=1S/C16H22N2S/c1-12-6-7-16(17)14(9-12)11-18(3)13(2)10-15-5-4-8-19-15/h4-9,13H,10-11,17H2,1-3H3. The van der Waals surface area contributed by atoms with Gasteiger partial charge in [-0.25, -0.2) is 0 Å². The van der Waals surface area contributed by atoms with Crippen molar-refractivity contribution in [3.63, 3.8) is 0 Å². The monoisotopic (exact) mass is 274 g/mol. The minimum atomic E-state index is 0.513. The van der Waals surface area contributed by atoms with E-state index in [9.17, 15) is 0 Å². The van der Waals surface area contributed by atoms with Gasteiger partial charge in [0.2, 0.25) is 0 Å². The molecule has 0 aliphatic heterocycles. The fraction of sp³-hybridized carbons (Fsp3) is 0.375. The predicted octanol–water partition coefficient (Wildman–Crippen LogP) is 3.70. The maximum Gasteiger partial charge on any atom is 0.0359 e. The molecule has 1 aromatic heterocycles. The Morgan fingerprint density at radius 3 is 2.79 bits per heavy atom. The molecule has 1 heterocycles. The minimum absolute atomic E-state index is 0.513. The van der Waals surface area contributed by atoms with Crippen molar-refractivity contribution in [1.82, 2.24) is 4.90 Å². The number of aryl methyl sites for hydroxylation is 1. The molecule has 0 aliphatic carbocycles. The topological polar surface area (TPSA) is 29.3 Å². The summed E-state index contributed by atoms with van der Waals surface area (Å²) in [5.74, 6) is 0. The van der Waals surface area contributed by atoms with Crippen LogP contribution in [0.3, 0.4) is 0 Å². The van der Waals surface area contributed by atoms with Crippen molar-refractivity contribution in [2.24, 2.45) is 0 Å². The number of benzene rings is 1. The zero-order valence-electron chi connectivity index (χ0n) is 11.9. The summed E-state index contributed by atoms with van der Waals surface area (Å²) in [4.78, 5) is 3.81. The van der Waals surface area contributed by atoms with Crippen LogP contribution in [0.2, 0.25) is 0 Å². The van der Waals surface area contributed by atoms with E-state index in [0.717, 1.165) is 18.7 Å². The molecular formula is C16H22N2S. The summed E-state index contributed by atoms with van der Waals surface area (Å²) < 4.78 is 0. The van der Waals surface area contributed by atoms with E-state index in [-0.39, 0.29) is 0 Å². The van der Waals surface area contributed by atoms with Crippen LogP contribution in [0.4, 0.5) is 5.69 Å². The van der Waals surface area contributed by atoms with Crippen LogP contribution in [0.25, 0.3) is 0 Å². The molecule has 1 aromatic carbocycles. The van der Waals surface area contributed by atoms with Crippen LogP contribution in [-0.2, 0) is 13.0 Å². The van der Waals surface area contributed by atoms with Gasteiger partial charge in [0, 0.05) is 23.2 Å². The van der Waals surface area contributed by atoms with Crippen molar-refractivity contribution < 1.29 is 0 Å². The quantitative estimate of drug-likeness (QED) is 0.842. The fourth-order valence-electron chi connectivity index (χ4n) is 2.17. The zero-order chi connectivity index (χ0) is 13.8. The van der Waals surface area contributed by atoms with Crippen molar-refractivity contribution >= 4 is 17.0 Å². The third-order valence-electron chi connectivity index (χ3n) is 3.55. The van der Waals surface area contributed by atoms with Gasteiger partial charge in [0.25, 0.3) is 0 Å². The molecular weight excluding hydrogens is 252 g/mol. The van der Waals surface area contributed by atoms with E-state index >= 15 is 0 Å². The average molecular weight is 274 g/mol. The van der Waals surface area contributed by atoms with Gasteiger partial charge in [-0.05, 0) is 50.4 Å². The van der Waals surface area contributed by atoms with E-state index in [1.54, 1.807) is 0 Å². The number of likely N-dealkylation sites (N-methyl/N-ethyl adjacent to an activating group) is 1. The van der Waals surface area contributed by atoms with Crippen molar-refractivity contribution in [3.05, 3.63) is 51.7 Å². The van der Waals surface area contributed by atoms with E-state index < -0.39 is 0 Å². The number of hydrogen-bond donors (Lipinski definition) is 1. The number of nitrogens with two attached hydrogens (primary N) is 1. The van der Waals surface area contributed by atoms with Gasteiger partial charge in [-0.3, -0.25) is 4.90 Å². The summed E-state index contributed by atoms with van der Waals surface area (Å²) in [6, 6.07) is 11.1. The van der Waals surface area contributed by atoms with Crippen LogP contribution in [0.5, 0.6) is 0 Å². The lowest BCUT2D eigenvalue weighted by atomic mass is 10.1. The maximum absolute atomic E-state index is 6.05. The largest absolute Gasteiger partial charge is 0.398 e. The van der Waals surface area contributed by atoms with E-state index in [1.165, 1.54) is 16.0 Å². The first-order valence-electron chi connectivity index (χ1n) is 6.64. The van der Waals surface area contributed by atoms with Crippen molar-refractivity contribution in [3.8, 4) is 0 Å². The van der Waals surface area contributed by atoms with Gasteiger partial charge < -0.3 is 5.73 Å². The minimum Gasteiger partial charge on any atom is -0.398 e. The molecule has 0 saturated heterocycles. The number of nitrogens with zero attached hydrogens (tertiary/aromatic N) is 1. The first kappa shape index (κ1) is 14.1. The molecule has 19 heavy (non-hydrogen) atoms. The van der Waals surface area contributed by atoms with Crippen molar-refractivity contribution in [2.75, 3.05) is 12.8 Å². The third-order valence-corrected chi connectivity index (χ3v) is 4.45. The van der Waals surface area contributed by atoms with Crippen LogP contribution < -0.4 is 5.73 Å². The second-order valence-electron chi connectivity index (χ2n) is 5.25. The fourth-order valence-corrected chi connectivity index (χ4v) is 3.00. The smallest absolute Gasteiger partial charge is 0.0359 e. The van der Waals surface area contributed by atoms with Gasteiger partial charge >= 0.3 is 0 Å². The number of anilines is 1. The molecule has 2 aromatic rings. The van der Waals surface area contributed by atoms with Crippen molar-refractivity contribution in [1.29, 1.82) is 0 Å². The molecule has 1 unspecified atom stereocenters. The molecule has 0 radical (unpaired) electrons. The zero-order valence-corrected chi connectivity index (χ0v) is 12.7. The number of thiophene rings is 1. The Morgan fingerprint density at radius 1 is 1.32 bits per heavy atom. The van der Waals surface area contributed by atoms with Crippen LogP contribution in [0.15, 0.2) is 35.7 Å². The van der Waals surface area contributed by atoms with E-state index in [4.69, 9.17) is 5.73 Å². The number of nitrogen functional groups attached to an aromatic ring is 1. The average Bonchev–Trinajstić information content (AvgIpc) is 2.86. The van der Waals surface area contributed by atoms with Crippen LogP contribution in [0.1, 0.15) is 22.9 Å². The Bertz CT molecular complexity index is 520. The molecule has 2 rings (SSSR count). The highest BCUT2D eigenvalue weighted by atomic mass is 32.1. The third kappa shape index (κ3) is 3.82. The van der Waals surface area contributed by atoms with E-state index in [0.29, 0.717) is 6.04 Å². The maximum atomic E-state index is 6.05. The lowest BCUT2D eigenvalue weighted by molar-refractivity contribution is 0.249. The normalized spacial score (nSPS) is 12.8. The Kier molecular flexibility index (Phi) is 4.61. The summed E-state index contributed by atoms with van der Waals surface area (Å²) in [6.45, 7) is 5.28. The molecule has 0 fully saturated rings. The highest BCUT2D eigenvalue weighted by Crippen LogP contribution is 2.19. The number of rotatable bonds is 5. The Balaban J connectivity index is 1.99. The van der Waals surface area contributed by atoms with Gasteiger partial charge in [-0.15, -0.1) is 11.3 Å². The molecule has 0 spiro atoms.